The summed E-state index contributed by atoms with van der Waals surface area (Å²) in [6.45, 7) is 7.21. The van der Waals surface area contributed by atoms with Gasteiger partial charge in [0.25, 0.3) is 0 Å². The van der Waals surface area contributed by atoms with Crippen LogP contribution in [0.5, 0.6) is 0 Å². The van der Waals surface area contributed by atoms with Gasteiger partial charge >= 0.3 is 0 Å². The minimum atomic E-state index is 0.167. The predicted octanol–water partition coefficient (Wildman–Crippen LogP) is 2.47. The zero-order chi connectivity index (χ0) is 17.3. The number of nitrogens with zero attached hydrogens (tertiary/aromatic N) is 3. The first-order valence-electron chi connectivity index (χ1n) is 9.15. The second kappa shape index (κ2) is 10.4. The molecule has 0 aromatic carbocycles. The van der Waals surface area contributed by atoms with Crippen LogP contribution in [0.3, 0.4) is 0 Å². The van der Waals surface area contributed by atoms with Gasteiger partial charge in [-0.3, -0.25) is 4.99 Å². The summed E-state index contributed by atoms with van der Waals surface area (Å²) in [7, 11) is 0. The van der Waals surface area contributed by atoms with Crippen molar-refractivity contribution < 1.29 is 9.47 Å². The van der Waals surface area contributed by atoms with E-state index < -0.39 is 0 Å². The van der Waals surface area contributed by atoms with Crippen molar-refractivity contribution >= 4 is 29.1 Å². The molecule has 0 bridgehead atoms. The normalized spacial score (nSPS) is 24.7. The predicted molar refractivity (Wildman–Crippen MR) is 104 cm³/mol. The number of hydrogen-bond donors (Lipinski definition) is 1. The van der Waals surface area contributed by atoms with Crippen molar-refractivity contribution in [3.05, 3.63) is 11.6 Å². The van der Waals surface area contributed by atoms with Gasteiger partial charge in [0.15, 0.2) is 5.96 Å². The zero-order valence-electron chi connectivity index (χ0n) is 14.9. The number of morpholine rings is 1. The Morgan fingerprint density at radius 3 is 3.12 bits per heavy atom. The highest BCUT2D eigenvalue weighted by molar-refractivity contribution is 8.00. The molecule has 6 nitrogen and oxygen atoms in total. The maximum absolute atomic E-state index is 5.95. The average Bonchev–Trinajstić information content (AvgIpc) is 3.34. The van der Waals surface area contributed by atoms with E-state index in [0.717, 1.165) is 74.7 Å². The molecular formula is C17H28N4O2S2. The molecule has 1 N–H and O–H groups in total. The monoisotopic (exact) mass is 384 g/mol. The van der Waals surface area contributed by atoms with Crippen LogP contribution in [0.1, 0.15) is 26.2 Å². The number of aliphatic imine (C=N–C) groups is 1. The van der Waals surface area contributed by atoms with Gasteiger partial charge in [-0.2, -0.15) is 0 Å². The van der Waals surface area contributed by atoms with Gasteiger partial charge in [-0.25, -0.2) is 4.98 Å². The molecule has 0 spiro atoms. The van der Waals surface area contributed by atoms with Crippen molar-refractivity contribution in [1.82, 2.24) is 15.2 Å². The Labute approximate surface area is 158 Å². The fourth-order valence-electron chi connectivity index (χ4n) is 3.10. The molecule has 2 aliphatic heterocycles. The highest BCUT2D eigenvalue weighted by Gasteiger charge is 2.32. The van der Waals surface area contributed by atoms with E-state index in [4.69, 9.17) is 14.5 Å². The molecule has 2 unspecified atom stereocenters. The molecule has 2 atom stereocenters. The second-order valence-corrected chi connectivity index (χ2v) is 8.38. The van der Waals surface area contributed by atoms with Gasteiger partial charge in [-0.05, 0) is 26.2 Å². The summed E-state index contributed by atoms with van der Waals surface area (Å²) in [6, 6.07) is 0. The molecular weight excluding hydrogens is 356 g/mol. The van der Waals surface area contributed by atoms with Crippen LogP contribution in [-0.4, -0.2) is 73.2 Å². The number of thioether (sulfide) groups is 1. The number of thiazole rings is 1. The van der Waals surface area contributed by atoms with Crippen LogP contribution in [-0.2, 0) is 9.47 Å². The molecule has 1 aromatic heterocycles. The first kappa shape index (κ1) is 18.9. The Kier molecular flexibility index (Phi) is 7.84. The molecule has 0 radical (unpaired) electrons. The minimum absolute atomic E-state index is 0.167. The molecule has 3 rings (SSSR count). The molecule has 2 fully saturated rings. The highest BCUT2D eigenvalue weighted by atomic mass is 32.2. The average molecular weight is 385 g/mol. The maximum atomic E-state index is 5.95. The quantitative estimate of drug-likeness (QED) is 0.337. The summed E-state index contributed by atoms with van der Waals surface area (Å²) in [5, 5.41) is 5.45. The highest BCUT2D eigenvalue weighted by Crippen LogP contribution is 2.22. The van der Waals surface area contributed by atoms with Crippen molar-refractivity contribution in [2.45, 2.75) is 42.7 Å². The van der Waals surface area contributed by atoms with Crippen LogP contribution in [0.15, 0.2) is 20.9 Å². The molecule has 2 saturated heterocycles. The number of guanidine groups is 1. The van der Waals surface area contributed by atoms with Crippen LogP contribution in [0.25, 0.3) is 0 Å². The topological polar surface area (TPSA) is 59.0 Å². The molecule has 1 aromatic rings. The van der Waals surface area contributed by atoms with E-state index in [1.54, 1.807) is 11.3 Å². The minimum Gasteiger partial charge on any atom is -0.375 e. The van der Waals surface area contributed by atoms with Crippen molar-refractivity contribution in [2.75, 3.05) is 45.1 Å². The lowest BCUT2D eigenvalue weighted by Crippen LogP contribution is -2.53. The zero-order valence-corrected chi connectivity index (χ0v) is 16.5. The van der Waals surface area contributed by atoms with Gasteiger partial charge in [-0.1, -0.05) is 11.8 Å². The van der Waals surface area contributed by atoms with E-state index in [1.165, 1.54) is 0 Å². The fourth-order valence-corrected chi connectivity index (χ4v) is 4.74. The molecule has 0 aliphatic carbocycles. The second-order valence-electron chi connectivity index (χ2n) is 6.14. The number of rotatable bonds is 7. The van der Waals surface area contributed by atoms with Crippen molar-refractivity contribution in [3.63, 3.8) is 0 Å². The Bertz CT molecular complexity index is 521. The molecule has 2 aliphatic rings. The van der Waals surface area contributed by atoms with Gasteiger partial charge in [0.05, 0.1) is 12.7 Å². The third kappa shape index (κ3) is 5.84. The molecule has 0 amide bonds. The Morgan fingerprint density at radius 1 is 1.44 bits per heavy atom. The lowest BCUT2D eigenvalue weighted by atomic mass is 10.1. The summed E-state index contributed by atoms with van der Waals surface area (Å²) in [5.74, 6) is 2.06. The largest absolute Gasteiger partial charge is 0.375 e. The van der Waals surface area contributed by atoms with Gasteiger partial charge in [0.1, 0.15) is 10.4 Å². The van der Waals surface area contributed by atoms with Crippen LogP contribution in [0.2, 0.25) is 0 Å². The van der Waals surface area contributed by atoms with Gasteiger partial charge in [0.2, 0.25) is 0 Å². The molecule has 140 valence electrons. The van der Waals surface area contributed by atoms with E-state index in [-0.39, 0.29) is 12.2 Å². The van der Waals surface area contributed by atoms with Crippen LogP contribution in [0, 0.1) is 0 Å². The number of ether oxygens (including phenoxy) is 2. The summed E-state index contributed by atoms with van der Waals surface area (Å²) in [5.41, 5.74) is 0. The van der Waals surface area contributed by atoms with E-state index in [0.29, 0.717) is 0 Å². The first-order chi connectivity index (χ1) is 12.4. The van der Waals surface area contributed by atoms with Crippen LogP contribution < -0.4 is 5.32 Å². The van der Waals surface area contributed by atoms with Crippen LogP contribution in [0.4, 0.5) is 0 Å². The van der Waals surface area contributed by atoms with E-state index in [9.17, 15) is 0 Å². The van der Waals surface area contributed by atoms with Gasteiger partial charge in [0, 0.05) is 50.1 Å². The summed E-state index contributed by atoms with van der Waals surface area (Å²) >= 11 is 3.51. The third-order valence-corrected chi connectivity index (χ3v) is 6.36. The molecule has 0 saturated carbocycles. The van der Waals surface area contributed by atoms with E-state index in [2.05, 4.69) is 22.1 Å². The standard InChI is InChI=1S/C17H28N4O2S2/c1-2-18-16(19-6-4-11-24-17-20-7-12-25-17)21-8-10-23-15(13-21)14-5-3-9-22-14/h7,12,14-15H,2-6,8-11,13H2,1H3,(H,18,19). The molecule has 25 heavy (non-hydrogen) atoms. The number of nitrogens with one attached hydrogen (secondary N) is 1. The molecule has 3 heterocycles. The van der Waals surface area contributed by atoms with Crippen LogP contribution >= 0.6 is 23.1 Å². The van der Waals surface area contributed by atoms with E-state index >= 15 is 0 Å². The number of aromatic nitrogens is 1. The van der Waals surface area contributed by atoms with Crippen molar-refractivity contribution in [2.24, 2.45) is 4.99 Å². The van der Waals surface area contributed by atoms with Gasteiger partial charge < -0.3 is 19.7 Å². The number of hydrogen-bond acceptors (Lipinski definition) is 6. The lowest BCUT2D eigenvalue weighted by molar-refractivity contribution is -0.0817. The lowest BCUT2D eigenvalue weighted by Gasteiger charge is -2.37. The fraction of sp³-hybridized carbons (Fsp3) is 0.765. The third-order valence-electron chi connectivity index (χ3n) is 4.31. The van der Waals surface area contributed by atoms with Gasteiger partial charge in [-0.15, -0.1) is 11.3 Å². The van der Waals surface area contributed by atoms with Crippen molar-refractivity contribution in [3.8, 4) is 0 Å². The SMILES string of the molecule is CCNC(=NCCCSc1nccs1)N1CCOC(C2CCCO2)C1. The Balaban J connectivity index is 1.46. The summed E-state index contributed by atoms with van der Waals surface area (Å²) in [4.78, 5) is 11.4. The smallest absolute Gasteiger partial charge is 0.194 e. The van der Waals surface area contributed by atoms with Crippen molar-refractivity contribution in [1.29, 1.82) is 0 Å². The Morgan fingerprint density at radius 2 is 2.36 bits per heavy atom. The first-order valence-corrected chi connectivity index (χ1v) is 11.0. The van der Waals surface area contributed by atoms with E-state index in [1.807, 2.05) is 23.3 Å². The summed E-state index contributed by atoms with van der Waals surface area (Å²) < 4.78 is 12.9. The summed E-state index contributed by atoms with van der Waals surface area (Å²) in [6.07, 6.45) is 5.59. The molecule has 8 heteroatoms. The Hall–Kier alpha value is -0.830. The maximum Gasteiger partial charge on any atom is 0.194 e.